The van der Waals surface area contributed by atoms with Crippen molar-refractivity contribution in [1.82, 2.24) is 10.2 Å². The number of nitrogens with one attached hydrogen (secondary N) is 1. The molecule has 0 radical (unpaired) electrons. The number of carbonyl (C=O) groups excluding carboxylic acids is 2. The van der Waals surface area contributed by atoms with Gasteiger partial charge in [-0.3, -0.25) is 14.5 Å². The fourth-order valence-corrected chi connectivity index (χ4v) is 8.02. The van der Waals surface area contributed by atoms with E-state index in [4.69, 9.17) is 33.0 Å². The summed E-state index contributed by atoms with van der Waals surface area (Å²) in [4.78, 5) is 33.1. The lowest BCUT2D eigenvalue weighted by Gasteiger charge is -2.39. The van der Waals surface area contributed by atoms with Gasteiger partial charge in [0.05, 0.1) is 30.1 Å². The van der Waals surface area contributed by atoms with Crippen LogP contribution in [0.1, 0.15) is 34.3 Å². The van der Waals surface area contributed by atoms with Gasteiger partial charge in [-0.05, 0) is 66.9 Å². The third kappa shape index (κ3) is 8.75. The summed E-state index contributed by atoms with van der Waals surface area (Å²) in [7, 11) is 0. The molecule has 3 aromatic carbocycles. The molecular formula is C36H42Cl2N4O8S. The van der Waals surface area contributed by atoms with Crippen LogP contribution in [-0.2, 0) is 17.9 Å². The molecular weight excluding hydrogens is 719 g/mol. The number of anilines is 2. The Morgan fingerprint density at radius 2 is 1.57 bits per heavy atom. The van der Waals surface area contributed by atoms with E-state index in [1.54, 1.807) is 30.0 Å². The van der Waals surface area contributed by atoms with Gasteiger partial charge >= 0.3 is 0 Å². The highest BCUT2D eigenvalue weighted by Gasteiger charge is 2.40. The van der Waals surface area contributed by atoms with Crippen molar-refractivity contribution in [3.8, 4) is 5.75 Å². The Morgan fingerprint density at radius 1 is 0.902 bits per heavy atom. The molecule has 3 aromatic rings. The van der Waals surface area contributed by atoms with Crippen LogP contribution in [0.4, 0.5) is 11.4 Å². The van der Waals surface area contributed by atoms with Crippen molar-refractivity contribution in [2.24, 2.45) is 0 Å². The Morgan fingerprint density at radius 3 is 2.27 bits per heavy atom. The summed E-state index contributed by atoms with van der Waals surface area (Å²) in [5.74, 6) is 1.43. The summed E-state index contributed by atoms with van der Waals surface area (Å²) in [5, 5.41) is 51.5. The maximum absolute atomic E-state index is 14.0. The van der Waals surface area contributed by atoms with Gasteiger partial charge in [0.1, 0.15) is 30.7 Å². The van der Waals surface area contributed by atoms with Gasteiger partial charge in [0.2, 0.25) is 5.91 Å². The predicted molar refractivity (Wildman–Crippen MR) is 197 cm³/mol. The molecule has 0 spiro atoms. The normalized spacial score (nSPS) is 20.0. The fourth-order valence-electron chi connectivity index (χ4n) is 6.35. The molecule has 3 aliphatic rings. The summed E-state index contributed by atoms with van der Waals surface area (Å²) in [6, 6.07) is 18.3. The number of benzene rings is 3. The first-order valence-corrected chi connectivity index (χ1v) is 18.8. The second-order valence-electron chi connectivity index (χ2n) is 13.0. The Balaban J connectivity index is 1.02. The van der Waals surface area contributed by atoms with Gasteiger partial charge in [-0.1, -0.05) is 35.3 Å². The standard InChI is InChI=1S/C36H42Cl2N4O8S/c37-26-14-23(18-50-25-9-5-21(6-10-25)35(48)39-15-31(44)33(46)34(47)32(45)17-43)27(38)13-22(26)16-40-20-51-19-30(40)36(49)42-12-11-41(24-7-8-24)28-3-1-2-4-29(28)42/h1-6,9-10,13-14,24,30-34,43-47H,7-8,11-12,15-20H2,(H,39,48)/t30-,31-,32+,33+,34+/m0/s1. The lowest BCUT2D eigenvalue weighted by atomic mass is 10.0. The Kier molecular flexibility index (Phi) is 12.3. The molecule has 1 aliphatic carbocycles. The number of amides is 2. The molecule has 1 saturated carbocycles. The number of aliphatic hydroxyl groups excluding tert-OH is 5. The average Bonchev–Trinajstić information content (AvgIpc) is 3.90. The molecule has 51 heavy (non-hydrogen) atoms. The van der Waals surface area contributed by atoms with Crippen molar-refractivity contribution in [3.05, 3.63) is 87.4 Å². The van der Waals surface area contributed by atoms with Crippen molar-refractivity contribution in [2.45, 2.75) is 62.5 Å². The minimum atomic E-state index is -1.78. The average molecular weight is 762 g/mol. The van der Waals surface area contributed by atoms with E-state index in [1.807, 2.05) is 29.2 Å². The summed E-state index contributed by atoms with van der Waals surface area (Å²) >= 11 is 15.2. The van der Waals surface area contributed by atoms with Crippen molar-refractivity contribution < 1.29 is 39.9 Å². The highest BCUT2D eigenvalue weighted by atomic mass is 35.5. The SMILES string of the molecule is O=C(NC[C@H](O)[C@@H](O)[C@H](O)[C@H](O)CO)c1ccc(OCc2cc(Cl)c(CN3CSC[C@H]3C(=O)N3CCN(C4CC4)c4ccccc43)cc2Cl)cc1. The van der Waals surface area contributed by atoms with Gasteiger partial charge < -0.3 is 45.4 Å². The quantitative estimate of drug-likeness (QED) is 0.143. The molecule has 274 valence electrons. The largest absolute Gasteiger partial charge is 0.489 e. The van der Waals surface area contributed by atoms with Crippen molar-refractivity contribution in [1.29, 1.82) is 0 Å². The number of thioether (sulfide) groups is 1. The first kappa shape index (κ1) is 37.6. The maximum Gasteiger partial charge on any atom is 0.251 e. The molecule has 6 rings (SSSR count). The zero-order valence-corrected chi connectivity index (χ0v) is 30.1. The molecule has 12 nitrogen and oxygen atoms in total. The van der Waals surface area contributed by atoms with E-state index < -0.39 is 43.5 Å². The van der Waals surface area contributed by atoms with Crippen LogP contribution in [0.15, 0.2) is 60.7 Å². The fraction of sp³-hybridized carbons (Fsp3) is 0.444. The van der Waals surface area contributed by atoms with Crippen LogP contribution in [0.3, 0.4) is 0 Å². The summed E-state index contributed by atoms with van der Waals surface area (Å²) in [6.07, 6.45) is -4.37. The first-order valence-electron chi connectivity index (χ1n) is 16.9. The molecule has 15 heteroatoms. The number of para-hydroxylation sites is 2. The van der Waals surface area contributed by atoms with Crippen LogP contribution < -0.4 is 19.9 Å². The predicted octanol–water partition coefficient (Wildman–Crippen LogP) is 2.63. The van der Waals surface area contributed by atoms with Crippen LogP contribution in [0.25, 0.3) is 0 Å². The third-order valence-electron chi connectivity index (χ3n) is 9.46. The van der Waals surface area contributed by atoms with Crippen molar-refractivity contribution >= 4 is 58.2 Å². The topological polar surface area (TPSA) is 166 Å². The van der Waals surface area contributed by atoms with Crippen LogP contribution >= 0.6 is 35.0 Å². The second kappa shape index (κ2) is 16.7. The van der Waals surface area contributed by atoms with E-state index in [2.05, 4.69) is 21.2 Å². The molecule has 0 bridgehead atoms. The van der Waals surface area contributed by atoms with Gasteiger partial charge in [-0.2, -0.15) is 0 Å². The van der Waals surface area contributed by atoms with Crippen LogP contribution in [-0.4, -0.2) is 117 Å². The number of hydrogen-bond donors (Lipinski definition) is 6. The molecule has 0 aromatic heterocycles. The zero-order chi connectivity index (χ0) is 36.2. The molecule has 0 unspecified atom stereocenters. The number of fused-ring (bicyclic) bond motifs is 1. The lowest BCUT2D eigenvalue weighted by molar-refractivity contribution is -0.122. The zero-order valence-electron chi connectivity index (χ0n) is 27.8. The molecule has 5 atom stereocenters. The summed E-state index contributed by atoms with van der Waals surface area (Å²) < 4.78 is 5.91. The minimum absolute atomic E-state index is 0.102. The highest BCUT2D eigenvalue weighted by molar-refractivity contribution is 7.99. The van der Waals surface area contributed by atoms with Gasteiger partial charge in [0, 0.05) is 65.0 Å². The molecule has 6 N–H and O–H groups in total. The lowest BCUT2D eigenvalue weighted by Crippen LogP contribution is -2.52. The van der Waals surface area contributed by atoms with Crippen LogP contribution in [0, 0.1) is 0 Å². The monoisotopic (exact) mass is 760 g/mol. The van der Waals surface area contributed by atoms with Crippen LogP contribution in [0.5, 0.6) is 5.75 Å². The Bertz CT molecular complexity index is 1700. The maximum atomic E-state index is 14.0. The van der Waals surface area contributed by atoms with Crippen molar-refractivity contribution in [3.63, 3.8) is 0 Å². The number of halogens is 2. The number of rotatable bonds is 14. The first-order chi connectivity index (χ1) is 24.5. The van der Waals surface area contributed by atoms with E-state index in [9.17, 15) is 30.0 Å². The molecule has 2 aliphatic heterocycles. The highest BCUT2D eigenvalue weighted by Crippen LogP contribution is 2.41. The van der Waals surface area contributed by atoms with Crippen LogP contribution in [0.2, 0.25) is 10.0 Å². The minimum Gasteiger partial charge on any atom is -0.489 e. The van der Waals surface area contributed by atoms with E-state index >= 15 is 0 Å². The van der Waals surface area contributed by atoms with Crippen molar-refractivity contribution in [2.75, 3.05) is 47.7 Å². The van der Waals surface area contributed by atoms with Gasteiger partial charge in [0.25, 0.3) is 5.91 Å². The molecule has 1 saturated heterocycles. The van der Waals surface area contributed by atoms with Gasteiger partial charge in [0.15, 0.2) is 0 Å². The van der Waals surface area contributed by atoms with E-state index in [-0.39, 0.29) is 24.1 Å². The number of aliphatic hydroxyl groups is 5. The summed E-state index contributed by atoms with van der Waals surface area (Å²) in [5.41, 5.74) is 3.85. The smallest absolute Gasteiger partial charge is 0.251 e. The second-order valence-corrected chi connectivity index (χ2v) is 14.8. The third-order valence-corrected chi connectivity index (χ3v) is 11.2. The number of carbonyl (C=O) groups is 2. The number of nitrogens with zero attached hydrogens (tertiary/aromatic N) is 3. The number of ether oxygens (including phenoxy) is 1. The Hall–Kier alpha value is -3.11. The summed E-state index contributed by atoms with van der Waals surface area (Å²) in [6.45, 7) is 0.885. The van der Waals surface area contributed by atoms with Gasteiger partial charge in [-0.25, -0.2) is 0 Å². The van der Waals surface area contributed by atoms with E-state index in [0.717, 1.165) is 23.5 Å². The van der Waals surface area contributed by atoms with E-state index in [1.165, 1.54) is 25.0 Å². The Labute approximate surface area is 310 Å². The number of hydrogen-bond acceptors (Lipinski definition) is 11. The molecule has 2 fully saturated rings. The van der Waals surface area contributed by atoms with Gasteiger partial charge in [-0.15, -0.1) is 11.8 Å². The van der Waals surface area contributed by atoms with E-state index in [0.29, 0.717) is 52.1 Å². The molecule has 2 amide bonds. The molecule has 2 heterocycles.